The second kappa shape index (κ2) is 7.40. The Morgan fingerprint density at radius 2 is 1.93 bits per heavy atom. The first-order valence-corrected chi connectivity index (χ1v) is 9.26. The van der Waals surface area contributed by atoms with Gasteiger partial charge in [0.1, 0.15) is 11.6 Å². The highest BCUT2D eigenvalue weighted by Crippen LogP contribution is 2.29. The van der Waals surface area contributed by atoms with Gasteiger partial charge in [-0.2, -0.15) is 5.26 Å². The summed E-state index contributed by atoms with van der Waals surface area (Å²) in [4.78, 5) is 4.52. The van der Waals surface area contributed by atoms with Gasteiger partial charge in [-0.25, -0.2) is 8.78 Å². The van der Waals surface area contributed by atoms with E-state index < -0.39 is 11.6 Å². The van der Waals surface area contributed by atoms with Crippen molar-refractivity contribution in [1.82, 2.24) is 9.80 Å². The largest absolute Gasteiger partial charge is 0.358 e. The Balaban J connectivity index is 1.33. The minimum atomic E-state index is -0.493. The van der Waals surface area contributed by atoms with Crippen LogP contribution in [-0.4, -0.2) is 29.1 Å². The average Bonchev–Trinajstić information content (AvgIpc) is 3.15. The lowest BCUT2D eigenvalue weighted by molar-refractivity contribution is 0.197. The van der Waals surface area contributed by atoms with Crippen molar-refractivity contribution in [2.75, 3.05) is 13.2 Å². The van der Waals surface area contributed by atoms with Gasteiger partial charge in [0.15, 0.2) is 0 Å². The second-order valence-corrected chi connectivity index (χ2v) is 7.25. The van der Waals surface area contributed by atoms with E-state index in [4.69, 9.17) is 5.26 Å². The SMILES string of the molecule is N#Cc1ccc(CCN2C=CN([C@H]3CCc4c(F)cc(F)cc4C3)C2)cc1. The molecule has 0 N–H and O–H groups in total. The maximum atomic E-state index is 13.9. The van der Waals surface area contributed by atoms with Crippen molar-refractivity contribution in [3.63, 3.8) is 0 Å². The van der Waals surface area contributed by atoms with Crippen molar-refractivity contribution < 1.29 is 8.78 Å². The molecule has 0 unspecified atom stereocenters. The molecule has 1 aliphatic carbocycles. The molecule has 0 aromatic heterocycles. The van der Waals surface area contributed by atoms with Crippen LogP contribution in [0, 0.1) is 23.0 Å². The quantitative estimate of drug-likeness (QED) is 0.821. The van der Waals surface area contributed by atoms with Crippen LogP contribution in [0.4, 0.5) is 8.78 Å². The molecular formula is C22H21F2N3. The predicted molar refractivity (Wildman–Crippen MR) is 99.6 cm³/mol. The molecule has 3 nitrogen and oxygen atoms in total. The molecule has 4 rings (SSSR count). The maximum Gasteiger partial charge on any atom is 0.129 e. The second-order valence-electron chi connectivity index (χ2n) is 7.25. The number of halogens is 2. The van der Waals surface area contributed by atoms with Crippen LogP contribution in [0.15, 0.2) is 48.8 Å². The number of hydrogen-bond donors (Lipinski definition) is 0. The van der Waals surface area contributed by atoms with Crippen molar-refractivity contribution >= 4 is 0 Å². The van der Waals surface area contributed by atoms with Crippen molar-refractivity contribution in [1.29, 1.82) is 5.26 Å². The fourth-order valence-electron chi connectivity index (χ4n) is 3.95. The summed E-state index contributed by atoms with van der Waals surface area (Å²) in [7, 11) is 0. The number of rotatable bonds is 4. The highest BCUT2D eigenvalue weighted by Gasteiger charge is 2.27. The Hall–Kier alpha value is -2.87. The molecule has 138 valence electrons. The van der Waals surface area contributed by atoms with Gasteiger partial charge in [0.2, 0.25) is 0 Å². The first kappa shape index (κ1) is 17.5. The van der Waals surface area contributed by atoms with E-state index in [1.807, 2.05) is 24.3 Å². The lowest BCUT2D eigenvalue weighted by atomic mass is 9.87. The normalized spacial score (nSPS) is 18.5. The molecule has 0 spiro atoms. The van der Waals surface area contributed by atoms with Gasteiger partial charge in [0.25, 0.3) is 0 Å². The van der Waals surface area contributed by atoms with Gasteiger partial charge in [-0.3, -0.25) is 0 Å². The highest BCUT2D eigenvalue weighted by atomic mass is 19.1. The third-order valence-corrected chi connectivity index (χ3v) is 5.49. The summed E-state index contributed by atoms with van der Waals surface area (Å²) in [5, 5.41) is 8.86. The number of fused-ring (bicyclic) bond motifs is 1. The molecular weight excluding hydrogens is 344 g/mol. The molecule has 5 heteroatoms. The zero-order valence-electron chi connectivity index (χ0n) is 15.0. The average molecular weight is 365 g/mol. The summed E-state index contributed by atoms with van der Waals surface area (Å²) >= 11 is 0. The molecule has 2 aliphatic rings. The molecule has 1 atom stereocenters. The van der Waals surface area contributed by atoms with Crippen molar-refractivity contribution in [3.8, 4) is 6.07 Å². The summed E-state index contributed by atoms with van der Waals surface area (Å²) < 4.78 is 27.5. The highest BCUT2D eigenvalue weighted by molar-refractivity contribution is 5.33. The predicted octanol–water partition coefficient (Wildman–Crippen LogP) is 3.98. The monoisotopic (exact) mass is 365 g/mol. The maximum absolute atomic E-state index is 13.9. The molecule has 1 aliphatic heterocycles. The molecule has 0 saturated heterocycles. The van der Waals surface area contributed by atoms with E-state index in [1.54, 1.807) is 0 Å². The Kier molecular flexibility index (Phi) is 4.81. The first-order chi connectivity index (χ1) is 13.1. The molecule has 0 bridgehead atoms. The van der Waals surface area contributed by atoms with Gasteiger partial charge in [-0.05, 0) is 60.6 Å². The number of benzene rings is 2. The van der Waals surface area contributed by atoms with Gasteiger partial charge < -0.3 is 9.80 Å². The zero-order valence-corrected chi connectivity index (χ0v) is 15.0. The van der Waals surface area contributed by atoms with Crippen LogP contribution in [0.1, 0.15) is 28.7 Å². The standard InChI is InChI=1S/C22H21F2N3/c23-19-11-18-12-20(5-6-21(18)22(24)13-19)27-10-9-26(15-27)8-7-16-1-3-17(14-25)4-2-16/h1-4,9-11,13,20H,5-8,12,15H2/t20-/m0/s1. The van der Waals surface area contributed by atoms with E-state index in [1.165, 1.54) is 11.6 Å². The minimum Gasteiger partial charge on any atom is -0.358 e. The molecule has 27 heavy (non-hydrogen) atoms. The summed E-state index contributed by atoms with van der Waals surface area (Å²) in [6.45, 7) is 1.69. The van der Waals surface area contributed by atoms with E-state index in [0.717, 1.165) is 37.7 Å². The summed E-state index contributed by atoms with van der Waals surface area (Å²) in [5.41, 5.74) is 3.36. The molecule has 0 radical (unpaired) electrons. The number of nitrogens with zero attached hydrogens (tertiary/aromatic N) is 3. The Bertz CT molecular complexity index is 899. The van der Waals surface area contributed by atoms with Crippen LogP contribution in [0.5, 0.6) is 0 Å². The van der Waals surface area contributed by atoms with Gasteiger partial charge >= 0.3 is 0 Å². The molecule has 2 aromatic carbocycles. The van der Waals surface area contributed by atoms with E-state index in [0.29, 0.717) is 24.0 Å². The van der Waals surface area contributed by atoms with E-state index >= 15 is 0 Å². The molecule has 1 heterocycles. The third kappa shape index (κ3) is 3.80. The minimum absolute atomic E-state index is 0.273. The van der Waals surface area contributed by atoms with Crippen LogP contribution in [0.3, 0.4) is 0 Å². The molecule has 0 amide bonds. The summed E-state index contributed by atoms with van der Waals surface area (Å²) in [6, 6.07) is 12.6. The summed E-state index contributed by atoms with van der Waals surface area (Å²) in [6.07, 6.45) is 7.30. The third-order valence-electron chi connectivity index (χ3n) is 5.49. The lowest BCUT2D eigenvalue weighted by Gasteiger charge is -2.33. The van der Waals surface area contributed by atoms with Crippen LogP contribution in [0.2, 0.25) is 0 Å². The van der Waals surface area contributed by atoms with Crippen LogP contribution in [0.25, 0.3) is 0 Å². The Morgan fingerprint density at radius 3 is 2.70 bits per heavy atom. The Labute approximate surface area is 158 Å². The molecule has 2 aromatic rings. The number of hydrogen-bond acceptors (Lipinski definition) is 3. The Morgan fingerprint density at radius 1 is 1.11 bits per heavy atom. The number of nitriles is 1. The van der Waals surface area contributed by atoms with Gasteiger partial charge in [0.05, 0.1) is 18.3 Å². The molecule has 0 fully saturated rings. The lowest BCUT2D eigenvalue weighted by Crippen LogP contribution is -2.38. The summed E-state index contributed by atoms with van der Waals surface area (Å²) in [5.74, 6) is -0.905. The molecule has 0 saturated carbocycles. The smallest absolute Gasteiger partial charge is 0.129 e. The topological polar surface area (TPSA) is 30.3 Å². The van der Waals surface area contributed by atoms with E-state index in [-0.39, 0.29) is 6.04 Å². The van der Waals surface area contributed by atoms with E-state index in [9.17, 15) is 8.78 Å². The van der Waals surface area contributed by atoms with Gasteiger partial charge in [-0.15, -0.1) is 0 Å². The van der Waals surface area contributed by atoms with Crippen molar-refractivity contribution in [2.45, 2.75) is 31.7 Å². The van der Waals surface area contributed by atoms with Crippen LogP contribution in [-0.2, 0) is 19.3 Å². The fraction of sp³-hybridized carbons (Fsp3) is 0.318. The fourth-order valence-corrected chi connectivity index (χ4v) is 3.95. The zero-order chi connectivity index (χ0) is 18.8. The van der Waals surface area contributed by atoms with Crippen molar-refractivity contribution in [2.24, 2.45) is 0 Å². The van der Waals surface area contributed by atoms with Crippen LogP contribution >= 0.6 is 0 Å². The van der Waals surface area contributed by atoms with Crippen molar-refractivity contribution in [3.05, 3.63) is 82.7 Å². The van der Waals surface area contributed by atoms with Gasteiger partial charge in [0, 0.05) is 31.1 Å². The van der Waals surface area contributed by atoms with E-state index in [2.05, 4.69) is 28.3 Å². The van der Waals surface area contributed by atoms with Gasteiger partial charge in [-0.1, -0.05) is 12.1 Å². The first-order valence-electron chi connectivity index (χ1n) is 9.26. The van der Waals surface area contributed by atoms with Crippen LogP contribution < -0.4 is 0 Å².